The van der Waals surface area contributed by atoms with Crippen molar-refractivity contribution < 1.29 is 45.5 Å². The summed E-state index contributed by atoms with van der Waals surface area (Å²) in [4.78, 5) is 32.2. The summed E-state index contributed by atoms with van der Waals surface area (Å²) in [5.41, 5.74) is -0.512. The number of hydrogen-bond acceptors (Lipinski definition) is 4. The van der Waals surface area contributed by atoms with Crippen LogP contribution in [0.1, 0.15) is 6.92 Å². The molecular weight excluding hydrogens is 312 g/mol. The third kappa shape index (κ3) is 5.08. The second kappa shape index (κ2) is 6.14. The van der Waals surface area contributed by atoms with Crippen LogP contribution in [0.4, 0.5) is 26.3 Å². The third-order valence-corrected chi connectivity index (χ3v) is 1.97. The second-order valence-corrected chi connectivity index (χ2v) is 3.81. The molecule has 0 aromatic heterocycles. The Morgan fingerprint density at radius 3 is 1.81 bits per heavy atom. The maximum Gasteiger partial charge on any atom is 0.471 e. The summed E-state index contributed by atoms with van der Waals surface area (Å²) in [6.45, 7) is 3.92. The number of rotatable bonds is 3. The highest BCUT2D eigenvalue weighted by Gasteiger charge is 2.53. The van der Waals surface area contributed by atoms with Gasteiger partial charge in [0.05, 0.1) is 0 Å². The predicted octanol–water partition coefficient (Wildman–Crippen LogP) is 1.58. The number of imide groups is 1. The van der Waals surface area contributed by atoms with Crippen molar-refractivity contribution >= 4 is 17.8 Å². The summed E-state index contributed by atoms with van der Waals surface area (Å²) < 4.78 is 77.6. The zero-order valence-corrected chi connectivity index (χ0v) is 10.6. The summed E-state index contributed by atoms with van der Waals surface area (Å²) in [6, 6.07) is 0. The topological polar surface area (TPSA) is 63.7 Å². The van der Waals surface area contributed by atoms with Crippen molar-refractivity contribution in [3.63, 3.8) is 0 Å². The van der Waals surface area contributed by atoms with E-state index >= 15 is 0 Å². The molecule has 0 bridgehead atoms. The Bertz CT molecular complexity index is 467. The van der Waals surface area contributed by atoms with E-state index in [1.54, 1.807) is 0 Å². The van der Waals surface area contributed by atoms with Gasteiger partial charge >= 0.3 is 24.2 Å². The molecule has 0 radical (unpaired) electrons. The molecule has 0 aromatic rings. The largest absolute Gasteiger partial charge is 0.471 e. The number of ether oxygens (including phenoxy) is 1. The number of amides is 2. The molecule has 0 heterocycles. The van der Waals surface area contributed by atoms with Gasteiger partial charge in [0, 0.05) is 12.6 Å². The summed E-state index contributed by atoms with van der Waals surface area (Å²) in [5, 5.41) is 0. The molecule has 1 atom stereocenters. The van der Waals surface area contributed by atoms with E-state index in [9.17, 15) is 40.7 Å². The molecule has 11 heteroatoms. The van der Waals surface area contributed by atoms with Gasteiger partial charge < -0.3 is 4.74 Å². The van der Waals surface area contributed by atoms with Crippen LogP contribution >= 0.6 is 0 Å². The highest BCUT2D eigenvalue weighted by atomic mass is 19.4. The molecule has 0 aliphatic carbocycles. The van der Waals surface area contributed by atoms with Gasteiger partial charge in [0.1, 0.15) is 0 Å². The zero-order valence-electron chi connectivity index (χ0n) is 10.6. The Hall–Kier alpha value is -2.07. The SMILES string of the molecule is C=C(C)C(=O)OC(C(=O)N(C)C(=O)C(F)(F)F)C(F)(F)F. The first-order chi connectivity index (χ1) is 9.19. The van der Waals surface area contributed by atoms with Crippen molar-refractivity contribution in [2.24, 2.45) is 0 Å². The molecule has 0 fully saturated rings. The van der Waals surface area contributed by atoms with Crippen LogP contribution in [-0.2, 0) is 19.1 Å². The quantitative estimate of drug-likeness (QED) is 0.450. The van der Waals surface area contributed by atoms with E-state index in [2.05, 4.69) is 11.3 Å². The van der Waals surface area contributed by atoms with Crippen molar-refractivity contribution in [3.8, 4) is 0 Å². The van der Waals surface area contributed by atoms with Gasteiger partial charge in [0.25, 0.3) is 12.0 Å². The first kappa shape index (κ1) is 18.9. The van der Waals surface area contributed by atoms with E-state index in [4.69, 9.17) is 0 Å². The normalized spacial score (nSPS) is 13.3. The Kier molecular flexibility index (Phi) is 5.54. The lowest BCUT2D eigenvalue weighted by atomic mass is 10.2. The van der Waals surface area contributed by atoms with Crippen molar-refractivity contribution in [1.29, 1.82) is 0 Å². The van der Waals surface area contributed by atoms with E-state index in [-0.39, 0.29) is 7.05 Å². The fraction of sp³-hybridized carbons (Fsp3) is 0.500. The van der Waals surface area contributed by atoms with Crippen LogP contribution in [0.2, 0.25) is 0 Å². The lowest BCUT2D eigenvalue weighted by Crippen LogP contribution is -2.52. The Balaban J connectivity index is 5.37. The van der Waals surface area contributed by atoms with Crippen molar-refractivity contribution in [3.05, 3.63) is 12.2 Å². The second-order valence-electron chi connectivity index (χ2n) is 3.81. The maximum absolute atomic E-state index is 12.6. The molecular formula is C10H9F6NO4. The van der Waals surface area contributed by atoms with Crippen molar-refractivity contribution in [2.75, 3.05) is 7.05 Å². The standard InChI is InChI=1S/C10H9F6NO4/c1-4(2)7(19)21-5(9(11,12)13)6(18)17(3)8(20)10(14,15)16/h5H,1H2,2-3H3. The van der Waals surface area contributed by atoms with Crippen LogP contribution in [0.3, 0.4) is 0 Å². The summed E-state index contributed by atoms with van der Waals surface area (Å²) in [5.74, 6) is -6.84. The van der Waals surface area contributed by atoms with Crippen molar-refractivity contribution in [1.82, 2.24) is 4.90 Å². The number of carbonyl (C=O) groups excluding carboxylic acids is 3. The van der Waals surface area contributed by atoms with E-state index in [1.165, 1.54) is 0 Å². The van der Waals surface area contributed by atoms with Gasteiger partial charge in [-0.2, -0.15) is 26.3 Å². The molecule has 0 rings (SSSR count). The van der Waals surface area contributed by atoms with E-state index in [0.717, 1.165) is 6.92 Å². The van der Waals surface area contributed by atoms with Gasteiger partial charge in [-0.15, -0.1) is 0 Å². The van der Waals surface area contributed by atoms with Crippen LogP contribution in [0.5, 0.6) is 0 Å². The molecule has 0 spiro atoms. The number of nitrogens with zero attached hydrogens (tertiary/aromatic N) is 1. The lowest BCUT2D eigenvalue weighted by molar-refractivity contribution is -0.224. The minimum Gasteiger partial charge on any atom is -0.439 e. The first-order valence-electron chi connectivity index (χ1n) is 5.01. The lowest BCUT2D eigenvalue weighted by Gasteiger charge is -2.24. The average Bonchev–Trinajstić information content (AvgIpc) is 2.29. The minimum atomic E-state index is -5.56. The fourth-order valence-corrected chi connectivity index (χ4v) is 0.931. The summed E-state index contributed by atoms with van der Waals surface area (Å²) >= 11 is 0. The van der Waals surface area contributed by atoms with Crippen LogP contribution in [-0.4, -0.2) is 48.2 Å². The van der Waals surface area contributed by atoms with Gasteiger partial charge in [-0.1, -0.05) is 6.58 Å². The van der Waals surface area contributed by atoms with Gasteiger partial charge in [-0.3, -0.25) is 14.5 Å². The molecule has 0 saturated carbocycles. The van der Waals surface area contributed by atoms with Gasteiger partial charge in [-0.05, 0) is 6.92 Å². The molecule has 0 aliphatic heterocycles. The monoisotopic (exact) mass is 321 g/mol. The molecule has 2 amide bonds. The Morgan fingerprint density at radius 1 is 1.10 bits per heavy atom. The smallest absolute Gasteiger partial charge is 0.439 e. The van der Waals surface area contributed by atoms with Crippen LogP contribution < -0.4 is 0 Å². The predicted molar refractivity (Wildman–Crippen MR) is 54.6 cm³/mol. The molecule has 0 saturated heterocycles. The van der Waals surface area contributed by atoms with Gasteiger partial charge in [0.2, 0.25) is 0 Å². The Morgan fingerprint density at radius 2 is 1.52 bits per heavy atom. The fourth-order valence-electron chi connectivity index (χ4n) is 0.931. The van der Waals surface area contributed by atoms with E-state index < -0.39 is 46.7 Å². The van der Waals surface area contributed by atoms with Crippen molar-refractivity contribution in [2.45, 2.75) is 25.4 Å². The first-order valence-corrected chi connectivity index (χ1v) is 5.01. The number of alkyl halides is 6. The molecule has 0 N–H and O–H groups in total. The molecule has 0 aromatic carbocycles. The van der Waals surface area contributed by atoms with E-state index in [1.807, 2.05) is 0 Å². The highest BCUT2D eigenvalue weighted by molar-refractivity contribution is 6.01. The van der Waals surface area contributed by atoms with Crippen LogP contribution in [0, 0.1) is 0 Å². The zero-order chi connectivity index (χ0) is 17.2. The summed E-state index contributed by atoms with van der Waals surface area (Å²) in [6.07, 6.45) is -14.6. The molecule has 21 heavy (non-hydrogen) atoms. The highest BCUT2D eigenvalue weighted by Crippen LogP contribution is 2.27. The molecule has 0 aliphatic rings. The number of halogens is 6. The average molecular weight is 321 g/mol. The molecule has 1 unspecified atom stereocenters. The van der Waals surface area contributed by atoms with Gasteiger partial charge in [-0.25, -0.2) is 4.79 Å². The minimum absolute atomic E-state index is 0.186. The third-order valence-electron chi connectivity index (χ3n) is 1.97. The van der Waals surface area contributed by atoms with Crippen LogP contribution in [0.25, 0.3) is 0 Å². The maximum atomic E-state index is 12.6. The molecule has 120 valence electrons. The number of hydrogen-bond donors (Lipinski definition) is 0. The Labute approximate surface area is 114 Å². The molecule has 5 nitrogen and oxygen atoms in total. The summed E-state index contributed by atoms with van der Waals surface area (Å²) in [7, 11) is 0.186. The number of esters is 1. The number of carbonyl (C=O) groups is 3. The van der Waals surface area contributed by atoms with E-state index in [0.29, 0.717) is 0 Å². The van der Waals surface area contributed by atoms with Gasteiger partial charge in [0.15, 0.2) is 0 Å². The number of likely N-dealkylation sites (N-methyl/N-ethyl adjacent to an activating group) is 1. The van der Waals surface area contributed by atoms with Crippen LogP contribution in [0.15, 0.2) is 12.2 Å².